The van der Waals surface area contributed by atoms with Crippen molar-refractivity contribution >= 4 is 15.6 Å². The molecule has 0 fully saturated rings. The van der Waals surface area contributed by atoms with Crippen molar-refractivity contribution in [1.82, 2.24) is 0 Å². The number of hydrogen-bond acceptors (Lipinski definition) is 5. The number of halogens is 10. The van der Waals surface area contributed by atoms with Crippen molar-refractivity contribution in [3.05, 3.63) is 58.2 Å². The summed E-state index contributed by atoms with van der Waals surface area (Å²) in [7, 11) is -12.2. The standard InChI is InChI=1S/C12H3F10NO6P2/c13-1-3(15)7(19)11(8(20)4(1)16)27-30(23,24)29-31(25,26)28-12-9(21)5(17)2(14)6(18)10(12)22/h(H2,23,24)(H,25,26). The van der Waals surface area contributed by atoms with Crippen LogP contribution < -0.4 is 9.05 Å². The molecule has 7 nitrogen and oxygen atoms in total. The van der Waals surface area contributed by atoms with Crippen LogP contribution in [0.3, 0.4) is 0 Å². The van der Waals surface area contributed by atoms with E-state index in [2.05, 4.69) is 13.4 Å². The van der Waals surface area contributed by atoms with Crippen LogP contribution in [0.5, 0.6) is 11.5 Å². The highest BCUT2D eigenvalue weighted by molar-refractivity contribution is 7.62. The number of nitrogens with one attached hydrogen (secondary N) is 1. The topological polar surface area (TPSA) is 109 Å². The Labute approximate surface area is 163 Å². The van der Waals surface area contributed by atoms with Gasteiger partial charge in [0.1, 0.15) is 0 Å². The fourth-order valence-corrected chi connectivity index (χ4v) is 3.93. The normalized spacial score (nSPS) is 15.4. The van der Waals surface area contributed by atoms with Gasteiger partial charge >= 0.3 is 15.6 Å². The molecule has 0 aliphatic heterocycles. The third-order valence-electron chi connectivity index (χ3n) is 2.97. The fraction of sp³-hybridized carbons (Fsp3) is 0. The first-order valence-electron chi connectivity index (χ1n) is 6.83. The van der Waals surface area contributed by atoms with E-state index in [4.69, 9.17) is 5.16 Å². The van der Waals surface area contributed by atoms with Crippen LogP contribution in [-0.4, -0.2) is 9.79 Å². The molecule has 2 rings (SSSR count). The van der Waals surface area contributed by atoms with Crippen LogP contribution in [0, 0.1) is 63.3 Å². The predicted molar refractivity (Wildman–Crippen MR) is 76.5 cm³/mol. The van der Waals surface area contributed by atoms with Crippen LogP contribution in [-0.2, 0) is 8.88 Å². The predicted octanol–water partition coefficient (Wildman–Crippen LogP) is 5.17. The van der Waals surface area contributed by atoms with E-state index < -0.39 is 85.2 Å². The second-order valence-corrected chi connectivity index (χ2v) is 8.05. The van der Waals surface area contributed by atoms with Gasteiger partial charge in [-0.2, -0.15) is 21.9 Å². The minimum absolute atomic E-state index is 2.36. The van der Waals surface area contributed by atoms with Crippen LogP contribution in [0.25, 0.3) is 0 Å². The van der Waals surface area contributed by atoms with Crippen LogP contribution in [0.4, 0.5) is 43.9 Å². The lowest BCUT2D eigenvalue weighted by atomic mass is 10.3. The highest BCUT2D eigenvalue weighted by Gasteiger charge is 2.40. The average Bonchev–Trinajstić information content (AvgIpc) is 2.67. The van der Waals surface area contributed by atoms with Crippen molar-refractivity contribution in [2.75, 3.05) is 0 Å². The van der Waals surface area contributed by atoms with Crippen molar-refractivity contribution < 1.29 is 71.6 Å². The third kappa shape index (κ3) is 4.80. The number of phosphoric acid groups is 1. The highest BCUT2D eigenvalue weighted by atomic mass is 31.3. The molecule has 0 aliphatic carbocycles. The van der Waals surface area contributed by atoms with Gasteiger partial charge in [0.25, 0.3) is 0 Å². The third-order valence-corrected chi connectivity index (χ3v) is 5.53. The Morgan fingerprint density at radius 2 is 0.806 bits per heavy atom. The average molecular weight is 509 g/mol. The Morgan fingerprint density at radius 3 is 1.13 bits per heavy atom. The molecule has 0 bridgehead atoms. The highest BCUT2D eigenvalue weighted by Crippen LogP contribution is 2.61. The van der Waals surface area contributed by atoms with E-state index in [0.29, 0.717) is 0 Å². The summed E-state index contributed by atoms with van der Waals surface area (Å²) in [6, 6.07) is 0. The van der Waals surface area contributed by atoms with Crippen LogP contribution >= 0.6 is 15.6 Å². The molecule has 0 aromatic heterocycles. The van der Waals surface area contributed by atoms with Crippen molar-refractivity contribution in [3.63, 3.8) is 0 Å². The van der Waals surface area contributed by atoms with E-state index >= 15 is 0 Å². The summed E-state index contributed by atoms with van der Waals surface area (Å²) in [6.07, 6.45) is 0. The molecular weight excluding hydrogens is 506 g/mol. The molecule has 2 aromatic carbocycles. The molecule has 2 unspecified atom stereocenters. The molecule has 19 heteroatoms. The van der Waals surface area contributed by atoms with Crippen LogP contribution in [0.2, 0.25) is 0 Å². The van der Waals surface area contributed by atoms with E-state index in [1.165, 1.54) is 0 Å². The first kappa shape index (κ1) is 24.9. The van der Waals surface area contributed by atoms with Crippen molar-refractivity contribution in [1.29, 1.82) is 5.16 Å². The number of rotatable bonds is 6. The van der Waals surface area contributed by atoms with Crippen molar-refractivity contribution in [2.24, 2.45) is 0 Å². The molecule has 0 aliphatic rings. The summed E-state index contributed by atoms with van der Waals surface area (Å²) < 4.78 is 154. The molecule has 0 heterocycles. The molecular formula is C12H3F10NO6P2. The molecule has 0 radical (unpaired) electrons. The van der Waals surface area contributed by atoms with Crippen molar-refractivity contribution in [2.45, 2.75) is 0 Å². The Balaban J connectivity index is 2.39. The van der Waals surface area contributed by atoms with Crippen LogP contribution in [0.1, 0.15) is 0 Å². The quantitative estimate of drug-likeness (QED) is 0.215. The first-order chi connectivity index (χ1) is 14.0. The summed E-state index contributed by atoms with van der Waals surface area (Å²) in [5.41, 5.74) is 0. The molecule has 31 heavy (non-hydrogen) atoms. The van der Waals surface area contributed by atoms with Gasteiger partial charge in [0.05, 0.1) is 0 Å². The largest absolute Gasteiger partial charge is 0.536 e. The molecule has 2 aromatic rings. The van der Waals surface area contributed by atoms with Gasteiger partial charge in [-0.05, 0) is 0 Å². The van der Waals surface area contributed by atoms with E-state index in [9.17, 15) is 58.3 Å². The van der Waals surface area contributed by atoms with Gasteiger partial charge in [-0.25, -0.2) is 36.1 Å². The van der Waals surface area contributed by atoms with Gasteiger partial charge in [-0.1, -0.05) is 0 Å². The van der Waals surface area contributed by atoms with Gasteiger partial charge in [-0.15, -0.1) is 0 Å². The minimum Gasteiger partial charge on any atom is -0.412 e. The molecule has 0 amide bonds. The Morgan fingerprint density at radius 1 is 0.548 bits per heavy atom. The molecule has 172 valence electrons. The van der Waals surface area contributed by atoms with Gasteiger partial charge < -0.3 is 13.9 Å². The lowest BCUT2D eigenvalue weighted by Crippen LogP contribution is -2.09. The maximum absolute atomic E-state index is 13.5. The van der Waals surface area contributed by atoms with Gasteiger partial charge in [0.2, 0.25) is 69.7 Å². The summed E-state index contributed by atoms with van der Waals surface area (Å²) in [5, 5.41) is 7.04. The Hall–Kier alpha value is -2.32. The van der Waals surface area contributed by atoms with Gasteiger partial charge in [0.15, 0.2) is 0 Å². The fourth-order valence-electron chi connectivity index (χ4n) is 1.74. The number of benzene rings is 2. The second-order valence-electron chi connectivity index (χ2n) is 5.05. The van der Waals surface area contributed by atoms with Crippen LogP contribution in [0.15, 0.2) is 0 Å². The lowest BCUT2D eigenvalue weighted by molar-refractivity contribution is 0.243. The zero-order chi connectivity index (χ0) is 24.0. The van der Waals surface area contributed by atoms with Gasteiger partial charge in [0, 0.05) is 0 Å². The number of phosphoric ester groups is 1. The van der Waals surface area contributed by atoms with Gasteiger partial charge in [-0.3, -0.25) is 4.89 Å². The minimum atomic E-state index is -6.30. The van der Waals surface area contributed by atoms with E-state index in [1.54, 1.807) is 0 Å². The summed E-state index contributed by atoms with van der Waals surface area (Å²) in [6.45, 7) is 0. The zero-order valence-corrected chi connectivity index (χ0v) is 15.5. The SMILES string of the molecule is N=P(O)(Oc1c(F)c(F)c(F)c(F)c1F)OP(=O)(O)Oc1c(F)c(F)c(F)c(F)c1F. The molecule has 0 saturated carbocycles. The Bertz CT molecular complexity index is 1030. The maximum Gasteiger partial charge on any atom is 0.536 e. The smallest absolute Gasteiger partial charge is 0.412 e. The lowest BCUT2D eigenvalue weighted by Gasteiger charge is -2.20. The summed E-state index contributed by atoms with van der Waals surface area (Å²) in [4.78, 5) is 18.7. The first-order valence-corrected chi connectivity index (χ1v) is 9.91. The maximum atomic E-state index is 13.5. The van der Waals surface area contributed by atoms with E-state index in [1.807, 2.05) is 0 Å². The summed E-state index contributed by atoms with van der Waals surface area (Å²) in [5.74, 6) is -31.9. The van der Waals surface area contributed by atoms with E-state index in [-0.39, 0.29) is 0 Å². The number of hydrogen-bond donors (Lipinski definition) is 3. The molecule has 3 N–H and O–H groups in total. The zero-order valence-electron chi connectivity index (χ0n) is 13.7. The Kier molecular flexibility index (Phi) is 6.69. The molecule has 2 atom stereocenters. The second kappa shape index (κ2) is 8.31. The van der Waals surface area contributed by atoms with E-state index in [0.717, 1.165) is 0 Å². The summed E-state index contributed by atoms with van der Waals surface area (Å²) >= 11 is 0. The monoisotopic (exact) mass is 509 g/mol. The van der Waals surface area contributed by atoms with Crippen molar-refractivity contribution in [3.8, 4) is 11.5 Å². The molecule has 0 saturated heterocycles. The molecule has 0 spiro atoms.